The molecule has 5 heteroatoms. The van der Waals surface area contributed by atoms with Gasteiger partial charge in [-0.25, -0.2) is 0 Å². The Morgan fingerprint density at radius 3 is 2.52 bits per heavy atom. The third kappa shape index (κ3) is 3.95. The topological polar surface area (TPSA) is 38.8 Å². The minimum absolute atomic E-state index is 0.0476. The first-order chi connectivity index (χ1) is 11.2. The van der Waals surface area contributed by atoms with Crippen LogP contribution in [0.5, 0.6) is 0 Å². The average molecular weight is 382 g/mol. The molecule has 23 heavy (non-hydrogen) atoms. The maximum absolute atomic E-state index is 12.7. The van der Waals surface area contributed by atoms with Crippen molar-refractivity contribution < 1.29 is 14.3 Å². The number of alkyl halides is 1. The standard InChI is InChI=1S/C18H24BrNO3/c1-20-14-7-8-15(20)10-16(9-14)23-18(21)17(11-22-12-19)13-5-3-2-4-6-13/h2-6,14-17H,7-12H2,1H3. The van der Waals surface area contributed by atoms with Gasteiger partial charge in [0.2, 0.25) is 0 Å². The molecule has 0 N–H and O–H groups in total. The van der Waals surface area contributed by atoms with Crippen LogP contribution < -0.4 is 0 Å². The number of hydrogen-bond acceptors (Lipinski definition) is 4. The van der Waals surface area contributed by atoms with Gasteiger partial charge < -0.3 is 14.4 Å². The van der Waals surface area contributed by atoms with Crippen molar-refractivity contribution in [2.24, 2.45) is 0 Å². The molecule has 4 nitrogen and oxygen atoms in total. The van der Waals surface area contributed by atoms with Gasteiger partial charge in [-0.15, -0.1) is 0 Å². The third-order valence-electron chi connectivity index (χ3n) is 5.19. The van der Waals surface area contributed by atoms with Crippen LogP contribution in [0.4, 0.5) is 0 Å². The maximum atomic E-state index is 12.7. The second-order valence-electron chi connectivity index (χ2n) is 6.52. The van der Waals surface area contributed by atoms with E-state index in [4.69, 9.17) is 9.47 Å². The number of rotatable bonds is 6. The van der Waals surface area contributed by atoms with Crippen molar-refractivity contribution in [3.05, 3.63) is 35.9 Å². The van der Waals surface area contributed by atoms with E-state index in [1.165, 1.54) is 12.8 Å². The number of nitrogens with zero attached hydrogens (tertiary/aromatic N) is 1. The summed E-state index contributed by atoms with van der Waals surface area (Å²) in [5.41, 5.74) is 1.37. The Labute approximate surface area is 146 Å². The quantitative estimate of drug-likeness (QED) is 0.559. The van der Waals surface area contributed by atoms with Gasteiger partial charge in [0.15, 0.2) is 0 Å². The van der Waals surface area contributed by atoms with Crippen molar-refractivity contribution in [3.8, 4) is 0 Å². The van der Waals surface area contributed by atoms with Gasteiger partial charge in [0.25, 0.3) is 0 Å². The second kappa shape index (κ2) is 7.77. The van der Waals surface area contributed by atoms with Crippen molar-refractivity contribution in [1.82, 2.24) is 4.90 Å². The molecule has 3 atom stereocenters. The molecule has 2 aliphatic rings. The molecule has 2 fully saturated rings. The molecule has 0 spiro atoms. The molecular weight excluding hydrogens is 358 g/mol. The van der Waals surface area contributed by atoms with Gasteiger partial charge in [0.1, 0.15) is 17.5 Å². The van der Waals surface area contributed by atoms with Crippen molar-refractivity contribution in [2.75, 3.05) is 19.2 Å². The predicted molar refractivity (Wildman–Crippen MR) is 92.6 cm³/mol. The fourth-order valence-electron chi connectivity index (χ4n) is 3.85. The van der Waals surface area contributed by atoms with E-state index < -0.39 is 0 Å². The number of ether oxygens (including phenoxy) is 2. The molecule has 2 bridgehead atoms. The van der Waals surface area contributed by atoms with Gasteiger partial charge in [0, 0.05) is 12.1 Å². The van der Waals surface area contributed by atoms with Crippen LogP contribution in [0.2, 0.25) is 0 Å². The highest BCUT2D eigenvalue weighted by molar-refractivity contribution is 9.09. The number of esters is 1. The molecule has 2 aliphatic heterocycles. The van der Waals surface area contributed by atoms with Crippen molar-refractivity contribution in [2.45, 2.75) is 49.8 Å². The second-order valence-corrected chi connectivity index (χ2v) is 6.98. The van der Waals surface area contributed by atoms with Crippen LogP contribution in [0.15, 0.2) is 30.3 Å². The molecule has 126 valence electrons. The van der Waals surface area contributed by atoms with Crippen molar-refractivity contribution in [1.29, 1.82) is 0 Å². The van der Waals surface area contributed by atoms with E-state index in [1.54, 1.807) is 0 Å². The number of carbonyl (C=O) groups is 1. The number of carbonyl (C=O) groups excluding carboxylic acids is 1. The minimum atomic E-state index is -0.356. The zero-order valence-corrected chi connectivity index (χ0v) is 15.1. The molecule has 3 unspecified atom stereocenters. The molecule has 1 aromatic rings. The summed E-state index contributed by atoms with van der Waals surface area (Å²) in [4.78, 5) is 15.2. The Kier molecular flexibility index (Phi) is 5.72. The van der Waals surface area contributed by atoms with E-state index >= 15 is 0 Å². The van der Waals surface area contributed by atoms with Crippen LogP contribution in [-0.2, 0) is 14.3 Å². The summed E-state index contributed by atoms with van der Waals surface area (Å²) in [6.07, 6.45) is 4.42. The van der Waals surface area contributed by atoms with Crippen LogP contribution in [0.25, 0.3) is 0 Å². The number of hydrogen-bond donors (Lipinski definition) is 0. The summed E-state index contributed by atoms with van der Waals surface area (Å²) in [6.45, 7) is 0.341. The normalized spacial score (nSPS) is 28.5. The molecule has 0 amide bonds. The van der Waals surface area contributed by atoms with Gasteiger partial charge in [-0.1, -0.05) is 46.3 Å². The van der Waals surface area contributed by atoms with Gasteiger partial charge in [-0.2, -0.15) is 0 Å². The summed E-state index contributed by atoms with van der Waals surface area (Å²) in [5, 5.41) is 0. The lowest BCUT2D eigenvalue weighted by molar-refractivity contribution is -0.155. The molecular formula is C18H24BrNO3. The molecule has 0 saturated carbocycles. The van der Waals surface area contributed by atoms with Crippen LogP contribution in [0.1, 0.15) is 37.2 Å². The summed E-state index contributed by atoms with van der Waals surface area (Å²) >= 11 is 3.25. The smallest absolute Gasteiger partial charge is 0.316 e. The lowest BCUT2D eigenvalue weighted by atomic mass is 9.98. The van der Waals surface area contributed by atoms with Gasteiger partial charge >= 0.3 is 5.97 Å². The van der Waals surface area contributed by atoms with E-state index in [9.17, 15) is 4.79 Å². The van der Waals surface area contributed by atoms with Crippen LogP contribution in [-0.4, -0.2) is 48.2 Å². The number of piperidine rings is 1. The highest BCUT2D eigenvalue weighted by Gasteiger charge is 2.40. The molecule has 0 aromatic heterocycles. The first-order valence-electron chi connectivity index (χ1n) is 8.30. The Hall–Kier alpha value is -0.910. The molecule has 0 aliphatic carbocycles. The Morgan fingerprint density at radius 2 is 1.91 bits per heavy atom. The van der Waals surface area contributed by atoms with Crippen LogP contribution in [0.3, 0.4) is 0 Å². The van der Waals surface area contributed by atoms with Crippen molar-refractivity contribution in [3.63, 3.8) is 0 Å². The number of benzene rings is 1. The monoisotopic (exact) mass is 381 g/mol. The first kappa shape index (κ1) is 16.9. The van der Waals surface area contributed by atoms with Crippen LogP contribution in [0, 0.1) is 0 Å². The number of halogens is 1. The average Bonchev–Trinajstić information content (AvgIpc) is 2.77. The SMILES string of the molecule is CN1C2CCC1CC(OC(=O)C(COCBr)c1ccccc1)C2. The van der Waals surface area contributed by atoms with Gasteiger partial charge in [-0.05, 0) is 38.3 Å². The summed E-state index contributed by atoms with van der Waals surface area (Å²) in [6, 6.07) is 10.9. The number of fused-ring (bicyclic) bond motifs is 2. The lowest BCUT2D eigenvalue weighted by Gasteiger charge is -2.36. The predicted octanol–water partition coefficient (Wildman–Crippen LogP) is 3.31. The van der Waals surface area contributed by atoms with E-state index in [-0.39, 0.29) is 18.0 Å². The lowest BCUT2D eigenvalue weighted by Crippen LogP contribution is -2.43. The summed E-state index contributed by atoms with van der Waals surface area (Å²) in [5.74, 6) is -0.517. The molecule has 2 saturated heterocycles. The van der Waals surface area contributed by atoms with Crippen LogP contribution >= 0.6 is 15.9 Å². The van der Waals surface area contributed by atoms with E-state index in [1.807, 2.05) is 30.3 Å². The maximum Gasteiger partial charge on any atom is 0.316 e. The molecule has 2 heterocycles. The Morgan fingerprint density at radius 1 is 1.26 bits per heavy atom. The van der Waals surface area contributed by atoms with E-state index in [0.717, 1.165) is 18.4 Å². The Balaban J connectivity index is 1.64. The van der Waals surface area contributed by atoms with Crippen molar-refractivity contribution >= 4 is 21.9 Å². The molecule has 0 radical (unpaired) electrons. The highest BCUT2D eigenvalue weighted by Crippen LogP contribution is 2.36. The largest absolute Gasteiger partial charge is 0.462 e. The zero-order chi connectivity index (χ0) is 16.2. The summed E-state index contributed by atoms with van der Waals surface area (Å²) in [7, 11) is 2.19. The van der Waals surface area contributed by atoms with Gasteiger partial charge in [0.05, 0.1) is 6.61 Å². The molecule has 3 rings (SSSR count). The highest BCUT2D eigenvalue weighted by atomic mass is 79.9. The molecule has 1 aromatic carbocycles. The summed E-state index contributed by atoms with van der Waals surface area (Å²) < 4.78 is 11.3. The minimum Gasteiger partial charge on any atom is -0.462 e. The fraction of sp³-hybridized carbons (Fsp3) is 0.611. The zero-order valence-electron chi connectivity index (χ0n) is 13.5. The van der Waals surface area contributed by atoms with E-state index in [0.29, 0.717) is 24.2 Å². The van der Waals surface area contributed by atoms with Gasteiger partial charge in [-0.3, -0.25) is 4.79 Å². The first-order valence-corrected chi connectivity index (χ1v) is 9.42. The Bertz CT molecular complexity index is 510. The van der Waals surface area contributed by atoms with E-state index in [2.05, 4.69) is 27.9 Å². The third-order valence-corrected chi connectivity index (χ3v) is 5.51. The fourth-order valence-corrected chi connectivity index (χ4v) is 4.04.